The summed E-state index contributed by atoms with van der Waals surface area (Å²) >= 11 is 5.92. The molecule has 2 rings (SSSR count). The van der Waals surface area contributed by atoms with Gasteiger partial charge in [-0.2, -0.15) is 0 Å². The van der Waals surface area contributed by atoms with Gasteiger partial charge in [0.25, 0.3) is 0 Å². The van der Waals surface area contributed by atoms with E-state index in [0.717, 1.165) is 13.1 Å². The number of likely N-dealkylation sites (N-methyl/N-ethyl adjacent to an activating group) is 1. The molecule has 1 heterocycles. The summed E-state index contributed by atoms with van der Waals surface area (Å²) in [6, 6.07) is 5.10. The molecule has 1 aromatic carbocycles. The third-order valence-corrected chi connectivity index (χ3v) is 4.70. The normalized spacial score (nSPS) is 22.9. The fourth-order valence-electron chi connectivity index (χ4n) is 1.88. The van der Waals surface area contributed by atoms with Gasteiger partial charge in [-0.25, -0.2) is 0 Å². The van der Waals surface area contributed by atoms with E-state index < -0.39 is 10.8 Å². The predicted octanol–water partition coefficient (Wildman–Crippen LogP) is 1.36. The van der Waals surface area contributed by atoms with Crippen LogP contribution in [0.4, 0.5) is 5.69 Å². The van der Waals surface area contributed by atoms with Crippen LogP contribution in [0.15, 0.2) is 23.1 Å². The summed E-state index contributed by atoms with van der Waals surface area (Å²) < 4.78 is 17.8. The van der Waals surface area contributed by atoms with Crippen molar-refractivity contribution in [3.05, 3.63) is 23.2 Å². The van der Waals surface area contributed by atoms with Crippen LogP contribution in [-0.2, 0) is 15.5 Å². The first-order chi connectivity index (χ1) is 8.56. The molecule has 0 amide bonds. The van der Waals surface area contributed by atoms with Crippen molar-refractivity contribution in [1.82, 2.24) is 4.90 Å². The SMILES string of the molecule is CN1CCOC(CS(=O)c2ccc(N)c(Cl)c2)C1. The third kappa shape index (κ3) is 3.45. The minimum atomic E-state index is -1.11. The van der Waals surface area contributed by atoms with Crippen LogP contribution in [0, 0.1) is 0 Å². The zero-order valence-electron chi connectivity index (χ0n) is 10.3. The van der Waals surface area contributed by atoms with Crippen molar-refractivity contribution in [1.29, 1.82) is 0 Å². The highest BCUT2D eigenvalue weighted by atomic mass is 35.5. The number of ether oxygens (including phenoxy) is 1. The van der Waals surface area contributed by atoms with Crippen LogP contribution >= 0.6 is 11.6 Å². The molecule has 0 bridgehead atoms. The second-order valence-electron chi connectivity index (χ2n) is 4.45. The summed E-state index contributed by atoms with van der Waals surface area (Å²) in [7, 11) is 0.934. The Balaban J connectivity index is 2.00. The molecule has 0 saturated carbocycles. The maximum absolute atomic E-state index is 12.2. The van der Waals surface area contributed by atoms with Gasteiger partial charge >= 0.3 is 0 Å². The van der Waals surface area contributed by atoms with Crippen LogP contribution in [0.2, 0.25) is 5.02 Å². The zero-order valence-corrected chi connectivity index (χ0v) is 11.8. The van der Waals surface area contributed by atoms with Gasteiger partial charge < -0.3 is 15.4 Å². The number of nitrogens with two attached hydrogens (primary N) is 1. The lowest BCUT2D eigenvalue weighted by Crippen LogP contribution is -2.42. The van der Waals surface area contributed by atoms with E-state index in [1.165, 1.54) is 0 Å². The Labute approximate surface area is 115 Å². The summed E-state index contributed by atoms with van der Waals surface area (Å²) in [5.41, 5.74) is 6.13. The first kappa shape index (κ1) is 13.8. The van der Waals surface area contributed by atoms with Gasteiger partial charge in [-0.05, 0) is 25.2 Å². The topological polar surface area (TPSA) is 55.6 Å². The smallest absolute Gasteiger partial charge is 0.0821 e. The first-order valence-corrected chi connectivity index (χ1v) is 7.49. The molecule has 1 aliphatic rings. The fraction of sp³-hybridized carbons (Fsp3) is 0.500. The molecule has 1 aliphatic heterocycles. The van der Waals surface area contributed by atoms with E-state index in [1.54, 1.807) is 18.2 Å². The van der Waals surface area contributed by atoms with E-state index in [9.17, 15) is 4.21 Å². The number of benzene rings is 1. The maximum Gasteiger partial charge on any atom is 0.0821 e. The Morgan fingerprint density at radius 3 is 3.06 bits per heavy atom. The number of hydrogen-bond acceptors (Lipinski definition) is 4. The fourth-order valence-corrected chi connectivity index (χ4v) is 3.33. The van der Waals surface area contributed by atoms with Crippen LogP contribution in [-0.4, -0.2) is 47.7 Å². The Kier molecular flexibility index (Phi) is 4.61. The van der Waals surface area contributed by atoms with Crippen molar-refractivity contribution >= 4 is 28.1 Å². The maximum atomic E-state index is 12.2. The highest BCUT2D eigenvalue weighted by Crippen LogP contribution is 2.22. The second-order valence-corrected chi connectivity index (χ2v) is 6.35. The van der Waals surface area contributed by atoms with Crippen molar-refractivity contribution in [2.45, 2.75) is 11.0 Å². The molecule has 18 heavy (non-hydrogen) atoms. The average molecular weight is 289 g/mol. The van der Waals surface area contributed by atoms with Crippen LogP contribution in [0.5, 0.6) is 0 Å². The Hall–Kier alpha value is -0.620. The van der Waals surface area contributed by atoms with Crippen molar-refractivity contribution in [2.24, 2.45) is 0 Å². The molecule has 6 heteroatoms. The lowest BCUT2D eigenvalue weighted by atomic mass is 10.3. The van der Waals surface area contributed by atoms with E-state index in [4.69, 9.17) is 22.1 Å². The summed E-state index contributed by atoms with van der Waals surface area (Å²) in [4.78, 5) is 2.88. The molecule has 2 unspecified atom stereocenters. The van der Waals surface area contributed by atoms with E-state index >= 15 is 0 Å². The molecule has 2 N–H and O–H groups in total. The molecule has 1 fully saturated rings. The van der Waals surface area contributed by atoms with Gasteiger partial charge in [0.05, 0.1) is 40.0 Å². The highest BCUT2D eigenvalue weighted by Gasteiger charge is 2.20. The molecule has 0 radical (unpaired) electrons. The van der Waals surface area contributed by atoms with Crippen molar-refractivity contribution < 1.29 is 8.95 Å². The van der Waals surface area contributed by atoms with E-state index in [-0.39, 0.29) is 6.10 Å². The van der Waals surface area contributed by atoms with Gasteiger partial charge in [0.2, 0.25) is 0 Å². The molecular formula is C12H17ClN2O2S. The van der Waals surface area contributed by atoms with Gasteiger partial charge in [-0.3, -0.25) is 4.21 Å². The van der Waals surface area contributed by atoms with Crippen molar-refractivity contribution in [3.8, 4) is 0 Å². The number of anilines is 1. The van der Waals surface area contributed by atoms with Gasteiger partial charge in [-0.1, -0.05) is 11.6 Å². The summed E-state index contributed by atoms with van der Waals surface area (Å²) in [5, 5.41) is 0.447. The second kappa shape index (κ2) is 6.02. The van der Waals surface area contributed by atoms with Crippen molar-refractivity contribution in [3.63, 3.8) is 0 Å². The third-order valence-electron chi connectivity index (χ3n) is 2.91. The molecule has 4 nitrogen and oxygen atoms in total. The number of rotatable bonds is 3. The van der Waals surface area contributed by atoms with Gasteiger partial charge in [0.15, 0.2) is 0 Å². The van der Waals surface area contributed by atoms with Crippen molar-refractivity contribution in [2.75, 3.05) is 38.2 Å². The quantitative estimate of drug-likeness (QED) is 0.854. The van der Waals surface area contributed by atoms with Crippen LogP contribution < -0.4 is 5.73 Å². The molecule has 0 aliphatic carbocycles. The van der Waals surface area contributed by atoms with E-state index in [0.29, 0.717) is 28.0 Å². The Morgan fingerprint density at radius 1 is 1.61 bits per heavy atom. The monoisotopic (exact) mass is 288 g/mol. The molecule has 1 aromatic rings. The largest absolute Gasteiger partial charge is 0.398 e. The minimum absolute atomic E-state index is 0.0147. The predicted molar refractivity (Wildman–Crippen MR) is 74.4 cm³/mol. The molecule has 2 atom stereocenters. The zero-order chi connectivity index (χ0) is 13.1. The molecule has 1 saturated heterocycles. The van der Waals surface area contributed by atoms with E-state index in [1.807, 2.05) is 7.05 Å². The van der Waals surface area contributed by atoms with Crippen LogP contribution in [0.3, 0.4) is 0 Å². The molecule has 100 valence electrons. The number of nitrogen functional groups attached to an aromatic ring is 1. The van der Waals surface area contributed by atoms with Gasteiger partial charge in [-0.15, -0.1) is 0 Å². The number of hydrogen-bond donors (Lipinski definition) is 1. The first-order valence-electron chi connectivity index (χ1n) is 5.80. The number of nitrogens with zero attached hydrogens (tertiary/aromatic N) is 1. The van der Waals surface area contributed by atoms with Crippen LogP contribution in [0.1, 0.15) is 0 Å². The highest BCUT2D eigenvalue weighted by molar-refractivity contribution is 7.85. The molecular weight excluding hydrogens is 272 g/mol. The van der Waals surface area contributed by atoms with Gasteiger partial charge in [0, 0.05) is 18.0 Å². The lowest BCUT2D eigenvalue weighted by Gasteiger charge is -2.29. The van der Waals surface area contributed by atoms with Crippen LogP contribution in [0.25, 0.3) is 0 Å². The number of morpholine rings is 1. The summed E-state index contributed by atoms with van der Waals surface area (Å²) in [6.45, 7) is 2.44. The Morgan fingerprint density at radius 2 is 2.39 bits per heavy atom. The molecule has 0 spiro atoms. The molecule has 0 aromatic heterocycles. The Bertz CT molecular complexity index is 456. The van der Waals surface area contributed by atoms with Gasteiger partial charge in [0.1, 0.15) is 0 Å². The summed E-state index contributed by atoms with van der Waals surface area (Å²) in [6.07, 6.45) is 0.0147. The average Bonchev–Trinajstić information content (AvgIpc) is 2.32. The summed E-state index contributed by atoms with van der Waals surface area (Å²) in [5.74, 6) is 0.491. The minimum Gasteiger partial charge on any atom is -0.398 e. The van der Waals surface area contributed by atoms with E-state index in [2.05, 4.69) is 4.90 Å². The lowest BCUT2D eigenvalue weighted by molar-refractivity contribution is -0.00640. The standard InChI is InChI=1S/C12H17ClN2O2S/c1-15-4-5-17-9(7-15)8-18(16)10-2-3-12(14)11(13)6-10/h2-3,6,9H,4-5,7-8,14H2,1H3. The number of halogens is 1.